The van der Waals surface area contributed by atoms with Crippen molar-refractivity contribution < 1.29 is 8.42 Å². The van der Waals surface area contributed by atoms with Crippen LogP contribution in [0.2, 0.25) is 0 Å². The number of aryl methyl sites for hydroxylation is 4. The summed E-state index contributed by atoms with van der Waals surface area (Å²) in [6, 6.07) is 7.10. The highest BCUT2D eigenvalue weighted by molar-refractivity contribution is 7.89. The van der Waals surface area contributed by atoms with E-state index >= 15 is 0 Å². The number of nitrogens with one attached hydrogen (secondary N) is 1. The van der Waals surface area contributed by atoms with Gasteiger partial charge in [-0.3, -0.25) is 4.68 Å². The molecule has 22 heavy (non-hydrogen) atoms. The fourth-order valence-corrected chi connectivity index (χ4v) is 3.58. The summed E-state index contributed by atoms with van der Waals surface area (Å²) >= 11 is 0. The Morgan fingerprint density at radius 3 is 2.36 bits per heavy atom. The second-order valence-corrected chi connectivity index (χ2v) is 7.59. The molecular formula is C16H23N3O2S. The van der Waals surface area contributed by atoms with Crippen molar-refractivity contribution in [3.8, 4) is 0 Å². The van der Waals surface area contributed by atoms with Gasteiger partial charge in [-0.2, -0.15) is 5.10 Å². The van der Waals surface area contributed by atoms with Crippen LogP contribution in [0.1, 0.15) is 35.5 Å². The standard InChI is InChI=1S/C16H23N3O2S/c1-11-6-7-16(8-12(11)2)22(20,21)17-10-15(5)19-14(4)9-13(3)18-19/h6-9,15,17H,10H2,1-5H3/t15-/m1/s1. The van der Waals surface area contributed by atoms with Crippen molar-refractivity contribution in [2.24, 2.45) is 0 Å². The first-order valence-electron chi connectivity index (χ1n) is 7.30. The van der Waals surface area contributed by atoms with E-state index in [0.29, 0.717) is 11.4 Å². The van der Waals surface area contributed by atoms with Crippen LogP contribution >= 0.6 is 0 Å². The minimum atomic E-state index is -3.50. The van der Waals surface area contributed by atoms with E-state index in [0.717, 1.165) is 22.5 Å². The summed E-state index contributed by atoms with van der Waals surface area (Å²) in [6.45, 7) is 10.0. The molecule has 1 N–H and O–H groups in total. The molecule has 0 radical (unpaired) electrons. The maximum atomic E-state index is 12.4. The molecule has 2 aromatic rings. The van der Waals surface area contributed by atoms with E-state index in [4.69, 9.17) is 0 Å². The quantitative estimate of drug-likeness (QED) is 0.921. The minimum Gasteiger partial charge on any atom is -0.266 e. The monoisotopic (exact) mass is 321 g/mol. The van der Waals surface area contributed by atoms with Gasteiger partial charge in [0.05, 0.1) is 16.6 Å². The first-order valence-corrected chi connectivity index (χ1v) is 8.78. The Morgan fingerprint density at radius 1 is 1.14 bits per heavy atom. The summed E-state index contributed by atoms with van der Waals surface area (Å²) in [4.78, 5) is 0.302. The fraction of sp³-hybridized carbons (Fsp3) is 0.438. The molecule has 0 saturated carbocycles. The van der Waals surface area contributed by atoms with E-state index < -0.39 is 10.0 Å². The van der Waals surface area contributed by atoms with Gasteiger partial charge in [0.2, 0.25) is 10.0 Å². The lowest BCUT2D eigenvalue weighted by Crippen LogP contribution is -2.30. The molecule has 0 aliphatic heterocycles. The number of hydrogen-bond acceptors (Lipinski definition) is 3. The zero-order valence-electron chi connectivity index (χ0n) is 13.7. The van der Waals surface area contributed by atoms with Crippen LogP contribution in [-0.4, -0.2) is 24.7 Å². The molecular weight excluding hydrogens is 298 g/mol. The molecule has 1 aromatic carbocycles. The summed E-state index contributed by atoms with van der Waals surface area (Å²) < 4.78 is 29.3. The lowest BCUT2D eigenvalue weighted by Gasteiger charge is -2.16. The first kappa shape index (κ1) is 16.7. The summed E-state index contributed by atoms with van der Waals surface area (Å²) in [5.74, 6) is 0. The predicted octanol–water partition coefficient (Wildman–Crippen LogP) is 2.66. The van der Waals surface area contributed by atoms with Gasteiger partial charge in [-0.1, -0.05) is 6.07 Å². The summed E-state index contributed by atoms with van der Waals surface area (Å²) in [5.41, 5.74) is 4.00. The Labute approximate surface area is 132 Å². The summed E-state index contributed by atoms with van der Waals surface area (Å²) in [6.07, 6.45) is 0. The highest BCUT2D eigenvalue weighted by Crippen LogP contribution is 2.16. The van der Waals surface area contributed by atoms with Crippen molar-refractivity contribution in [3.05, 3.63) is 46.8 Å². The van der Waals surface area contributed by atoms with Gasteiger partial charge < -0.3 is 0 Å². The molecule has 6 heteroatoms. The number of rotatable bonds is 5. The maximum Gasteiger partial charge on any atom is 0.240 e. The second-order valence-electron chi connectivity index (χ2n) is 5.82. The second kappa shape index (κ2) is 6.22. The van der Waals surface area contributed by atoms with Gasteiger partial charge in [0, 0.05) is 12.2 Å². The van der Waals surface area contributed by atoms with E-state index in [1.165, 1.54) is 0 Å². The van der Waals surface area contributed by atoms with Crippen LogP contribution in [0, 0.1) is 27.7 Å². The Morgan fingerprint density at radius 2 is 1.82 bits per heavy atom. The highest BCUT2D eigenvalue weighted by atomic mass is 32.2. The number of hydrogen-bond donors (Lipinski definition) is 1. The SMILES string of the molecule is Cc1cc(C)n([C@H](C)CNS(=O)(=O)c2ccc(C)c(C)c2)n1. The third-order valence-electron chi connectivity index (χ3n) is 3.82. The average Bonchev–Trinajstić information content (AvgIpc) is 2.78. The minimum absolute atomic E-state index is 0.0463. The van der Waals surface area contributed by atoms with Gasteiger partial charge in [-0.25, -0.2) is 13.1 Å². The van der Waals surface area contributed by atoms with Crippen LogP contribution in [0.4, 0.5) is 0 Å². The van der Waals surface area contributed by atoms with Crippen LogP contribution in [0.5, 0.6) is 0 Å². The van der Waals surface area contributed by atoms with Crippen molar-refractivity contribution in [2.45, 2.75) is 45.6 Å². The van der Waals surface area contributed by atoms with Gasteiger partial charge >= 0.3 is 0 Å². The maximum absolute atomic E-state index is 12.4. The van der Waals surface area contributed by atoms with E-state index in [1.54, 1.807) is 12.1 Å². The molecule has 0 saturated heterocycles. The summed E-state index contributed by atoms with van der Waals surface area (Å²) in [5, 5.41) is 4.39. The highest BCUT2D eigenvalue weighted by Gasteiger charge is 2.17. The van der Waals surface area contributed by atoms with Gasteiger partial charge in [-0.15, -0.1) is 0 Å². The number of aromatic nitrogens is 2. The topological polar surface area (TPSA) is 64.0 Å². The number of benzene rings is 1. The largest absolute Gasteiger partial charge is 0.266 e. The van der Waals surface area contributed by atoms with Crippen LogP contribution in [0.15, 0.2) is 29.2 Å². The van der Waals surface area contributed by atoms with Gasteiger partial charge in [-0.05, 0) is 63.9 Å². The molecule has 1 atom stereocenters. The van der Waals surface area contributed by atoms with Crippen molar-refractivity contribution in [2.75, 3.05) is 6.54 Å². The molecule has 5 nitrogen and oxygen atoms in total. The van der Waals surface area contributed by atoms with E-state index in [1.807, 2.05) is 51.4 Å². The molecule has 1 heterocycles. The molecule has 0 unspecified atom stereocenters. The normalized spacial score (nSPS) is 13.3. The van der Waals surface area contributed by atoms with Crippen molar-refractivity contribution >= 4 is 10.0 Å². The molecule has 2 rings (SSSR count). The van der Waals surface area contributed by atoms with E-state index in [-0.39, 0.29) is 6.04 Å². The van der Waals surface area contributed by atoms with Crippen LogP contribution < -0.4 is 4.72 Å². The third-order valence-corrected chi connectivity index (χ3v) is 5.24. The van der Waals surface area contributed by atoms with Crippen molar-refractivity contribution in [1.29, 1.82) is 0 Å². The molecule has 0 bridgehead atoms. The van der Waals surface area contributed by atoms with Crippen molar-refractivity contribution in [3.63, 3.8) is 0 Å². The summed E-state index contributed by atoms with van der Waals surface area (Å²) in [7, 11) is -3.50. The molecule has 120 valence electrons. The van der Waals surface area contributed by atoms with Crippen LogP contribution in [0.25, 0.3) is 0 Å². The Hall–Kier alpha value is -1.66. The molecule has 0 fully saturated rings. The van der Waals surface area contributed by atoms with Gasteiger partial charge in [0.1, 0.15) is 0 Å². The molecule has 1 aromatic heterocycles. The zero-order valence-corrected chi connectivity index (χ0v) is 14.5. The average molecular weight is 321 g/mol. The van der Waals surface area contributed by atoms with E-state index in [9.17, 15) is 8.42 Å². The molecule has 0 amide bonds. The molecule has 0 aliphatic rings. The third kappa shape index (κ3) is 3.56. The number of nitrogens with zero attached hydrogens (tertiary/aromatic N) is 2. The number of sulfonamides is 1. The van der Waals surface area contributed by atoms with Crippen LogP contribution in [-0.2, 0) is 10.0 Å². The van der Waals surface area contributed by atoms with Crippen LogP contribution in [0.3, 0.4) is 0 Å². The molecule has 0 aliphatic carbocycles. The Kier molecular flexibility index (Phi) is 4.72. The van der Waals surface area contributed by atoms with Gasteiger partial charge in [0.25, 0.3) is 0 Å². The Bertz CT molecular complexity index is 779. The fourth-order valence-electron chi connectivity index (χ4n) is 2.37. The lowest BCUT2D eigenvalue weighted by atomic mass is 10.1. The Balaban J connectivity index is 2.12. The van der Waals surface area contributed by atoms with Crippen molar-refractivity contribution in [1.82, 2.24) is 14.5 Å². The smallest absolute Gasteiger partial charge is 0.240 e. The lowest BCUT2D eigenvalue weighted by molar-refractivity contribution is 0.467. The van der Waals surface area contributed by atoms with Gasteiger partial charge in [0.15, 0.2) is 0 Å². The zero-order chi connectivity index (χ0) is 16.5. The predicted molar refractivity (Wildman–Crippen MR) is 87.5 cm³/mol. The molecule has 0 spiro atoms. The van der Waals surface area contributed by atoms with E-state index in [2.05, 4.69) is 9.82 Å². The first-order chi connectivity index (χ1) is 10.2.